The van der Waals surface area contributed by atoms with Gasteiger partial charge in [0.1, 0.15) is 5.83 Å². The predicted molar refractivity (Wildman–Crippen MR) is 144 cm³/mol. The molecule has 0 spiro atoms. The largest absolute Gasteiger partial charge is 0.295 e. The van der Waals surface area contributed by atoms with Crippen LogP contribution in [-0.4, -0.2) is 23.8 Å². The Labute approximate surface area is 207 Å². The van der Waals surface area contributed by atoms with Crippen molar-refractivity contribution in [2.24, 2.45) is 4.99 Å². The van der Waals surface area contributed by atoms with Gasteiger partial charge in [-0.05, 0) is 73.4 Å². The van der Waals surface area contributed by atoms with E-state index in [-0.39, 0.29) is 5.78 Å². The van der Waals surface area contributed by atoms with Gasteiger partial charge in [0.2, 0.25) is 0 Å². The minimum atomic E-state index is -0.393. The number of aliphatic imine (C=N–C) groups is 1. The van der Waals surface area contributed by atoms with Crippen molar-refractivity contribution < 1.29 is 9.18 Å². The molecule has 1 aromatic rings. The van der Waals surface area contributed by atoms with Gasteiger partial charge in [-0.25, -0.2) is 4.39 Å². The lowest BCUT2D eigenvalue weighted by Gasteiger charge is -2.16. The Bertz CT molecular complexity index is 1060. The molecule has 176 valence electrons. The highest BCUT2D eigenvalue weighted by atomic mass is 35.5. The van der Waals surface area contributed by atoms with Crippen LogP contribution in [0.1, 0.15) is 64.2 Å². The monoisotopic (exact) mass is 485 g/mol. The Morgan fingerprint density at radius 1 is 1.24 bits per heavy atom. The van der Waals surface area contributed by atoms with E-state index in [9.17, 15) is 9.18 Å². The third-order valence-corrected chi connectivity index (χ3v) is 6.47. The quantitative estimate of drug-likeness (QED) is 0.259. The molecule has 0 aromatic heterocycles. The summed E-state index contributed by atoms with van der Waals surface area (Å²) in [6.45, 7) is 9.75. The standard InChI is InChI=1S/C28H33ClFNOS/c1-6-10-11-25(27(29)16-22(30)7-2)28-24-13-12-20(18-33-9-4)15-26(24)23(8-3)21(17-31-28)14-19(5)32/h7-8,11-16H,6,9-10,17-18H2,1-5H3/b21-14-,22-7+,23-8+,25-11+,27-16+. The van der Waals surface area contributed by atoms with Crippen LogP contribution < -0.4 is 0 Å². The molecule has 33 heavy (non-hydrogen) atoms. The average molecular weight is 486 g/mol. The van der Waals surface area contributed by atoms with Crippen LogP contribution in [0.15, 0.2) is 75.6 Å². The van der Waals surface area contributed by atoms with E-state index in [1.807, 2.05) is 30.8 Å². The molecule has 0 N–H and O–H groups in total. The maximum absolute atomic E-state index is 14.1. The summed E-state index contributed by atoms with van der Waals surface area (Å²) in [5.74, 6) is 1.54. The van der Waals surface area contributed by atoms with Crippen LogP contribution in [0.4, 0.5) is 4.39 Å². The highest BCUT2D eigenvalue weighted by Crippen LogP contribution is 2.35. The number of carbonyl (C=O) groups excluding carboxylic acids is 1. The molecule has 0 fully saturated rings. The lowest BCUT2D eigenvalue weighted by atomic mass is 9.89. The number of ketones is 1. The molecule has 0 unspecified atom stereocenters. The molecule has 5 heteroatoms. The molecular formula is C28H33ClFNOS. The summed E-state index contributed by atoms with van der Waals surface area (Å²) in [6, 6.07) is 6.38. The van der Waals surface area contributed by atoms with E-state index in [0.717, 1.165) is 52.3 Å². The Hall–Kier alpha value is -2.17. The van der Waals surface area contributed by atoms with Gasteiger partial charge in [-0.3, -0.25) is 9.79 Å². The van der Waals surface area contributed by atoms with Crippen LogP contribution >= 0.6 is 23.4 Å². The molecule has 0 aliphatic carbocycles. The number of hydrogen-bond donors (Lipinski definition) is 0. The summed E-state index contributed by atoms with van der Waals surface area (Å²) in [5.41, 5.74) is 6.48. The zero-order valence-corrected chi connectivity index (χ0v) is 21.7. The number of thioether (sulfide) groups is 1. The van der Waals surface area contributed by atoms with Gasteiger partial charge in [0.05, 0.1) is 17.3 Å². The van der Waals surface area contributed by atoms with Gasteiger partial charge in [-0.2, -0.15) is 11.8 Å². The van der Waals surface area contributed by atoms with Gasteiger partial charge in [0, 0.05) is 16.9 Å². The van der Waals surface area contributed by atoms with E-state index in [1.165, 1.54) is 17.7 Å². The van der Waals surface area contributed by atoms with Crippen LogP contribution in [-0.2, 0) is 10.5 Å². The SMILES string of the molecule is C/C=C1\C(=C/C(C)=O)CN=C(C(=C/CCC)/C(Cl)=C\C(F)=C/C)c2ccc(CSCC)cc21. The molecule has 0 saturated heterocycles. The summed E-state index contributed by atoms with van der Waals surface area (Å²) in [6.07, 6.45) is 10.2. The van der Waals surface area contributed by atoms with E-state index < -0.39 is 5.83 Å². The summed E-state index contributed by atoms with van der Waals surface area (Å²) >= 11 is 8.51. The van der Waals surface area contributed by atoms with Crippen molar-refractivity contribution in [2.75, 3.05) is 12.3 Å². The number of carbonyl (C=O) groups is 1. The van der Waals surface area contributed by atoms with E-state index in [2.05, 4.69) is 32.0 Å². The maximum atomic E-state index is 14.1. The minimum Gasteiger partial charge on any atom is -0.295 e. The van der Waals surface area contributed by atoms with Crippen LogP contribution in [0.25, 0.3) is 5.57 Å². The molecule has 0 amide bonds. The van der Waals surface area contributed by atoms with E-state index in [0.29, 0.717) is 17.2 Å². The smallest absolute Gasteiger partial charge is 0.152 e. The van der Waals surface area contributed by atoms with Crippen LogP contribution in [0, 0.1) is 0 Å². The van der Waals surface area contributed by atoms with Gasteiger partial charge in [0.15, 0.2) is 5.78 Å². The minimum absolute atomic E-state index is 0.0166. The number of fused-ring (bicyclic) bond motifs is 1. The second kappa shape index (κ2) is 13.5. The lowest BCUT2D eigenvalue weighted by molar-refractivity contribution is -0.112. The van der Waals surface area contributed by atoms with Gasteiger partial charge in [-0.15, -0.1) is 0 Å². The fourth-order valence-corrected chi connectivity index (χ4v) is 4.55. The number of rotatable bonds is 9. The van der Waals surface area contributed by atoms with Gasteiger partial charge >= 0.3 is 0 Å². The van der Waals surface area contributed by atoms with Crippen LogP contribution in [0.3, 0.4) is 0 Å². The van der Waals surface area contributed by atoms with Gasteiger partial charge < -0.3 is 0 Å². The summed E-state index contributed by atoms with van der Waals surface area (Å²) in [7, 11) is 0. The van der Waals surface area contributed by atoms with Crippen LogP contribution in [0.2, 0.25) is 0 Å². The first-order chi connectivity index (χ1) is 15.9. The molecule has 0 saturated carbocycles. The number of unbranched alkanes of at least 4 members (excludes halogenated alkanes) is 1. The Morgan fingerprint density at radius 3 is 2.61 bits per heavy atom. The summed E-state index contributed by atoms with van der Waals surface area (Å²) in [5, 5.41) is 0.315. The molecular weight excluding hydrogens is 453 g/mol. The molecule has 2 nitrogen and oxygen atoms in total. The Morgan fingerprint density at radius 2 is 2.00 bits per heavy atom. The van der Waals surface area contributed by atoms with E-state index in [4.69, 9.17) is 16.6 Å². The first-order valence-corrected chi connectivity index (χ1v) is 12.9. The fraction of sp³-hybridized carbons (Fsp3) is 0.357. The van der Waals surface area contributed by atoms with Crippen molar-refractivity contribution in [3.8, 4) is 0 Å². The number of benzene rings is 1. The normalized spacial score (nSPS) is 17.8. The summed E-state index contributed by atoms with van der Waals surface area (Å²) < 4.78 is 14.1. The molecule has 1 heterocycles. The molecule has 0 radical (unpaired) electrons. The number of nitrogens with zero attached hydrogens (tertiary/aromatic N) is 1. The van der Waals surface area contributed by atoms with Crippen LogP contribution in [0.5, 0.6) is 0 Å². The third-order valence-electron chi connectivity index (χ3n) is 5.21. The second-order valence-electron chi connectivity index (χ2n) is 7.74. The Balaban J connectivity index is 2.80. The van der Waals surface area contributed by atoms with Crippen molar-refractivity contribution >= 4 is 40.4 Å². The first kappa shape index (κ1) is 27.1. The van der Waals surface area contributed by atoms with E-state index >= 15 is 0 Å². The first-order valence-electron chi connectivity index (χ1n) is 11.4. The van der Waals surface area contributed by atoms with Crippen molar-refractivity contribution in [1.82, 2.24) is 0 Å². The topological polar surface area (TPSA) is 29.4 Å². The molecule has 1 aliphatic rings. The second-order valence-corrected chi connectivity index (χ2v) is 9.42. The fourth-order valence-electron chi connectivity index (χ4n) is 3.66. The maximum Gasteiger partial charge on any atom is 0.152 e. The zero-order valence-electron chi connectivity index (χ0n) is 20.2. The van der Waals surface area contributed by atoms with Crippen molar-refractivity contribution in [1.29, 1.82) is 0 Å². The molecule has 1 aromatic carbocycles. The molecule has 2 rings (SSSR count). The summed E-state index contributed by atoms with van der Waals surface area (Å²) in [4.78, 5) is 16.9. The zero-order chi connectivity index (χ0) is 24.4. The van der Waals surface area contributed by atoms with Gasteiger partial charge in [-0.1, -0.05) is 62.2 Å². The third kappa shape index (κ3) is 7.41. The molecule has 1 aliphatic heterocycles. The average Bonchev–Trinajstić information content (AvgIpc) is 2.93. The van der Waals surface area contributed by atoms with E-state index in [1.54, 1.807) is 19.9 Å². The number of hydrogen-bond acceptors (Lipinski definition) is 3. The molecule has 0 atom stereocenters. The number of halogens is 2. The molecule has 0 bridgehead atoms. The highest BCUT2D eigenvalue weighted by Gasteiger charge is 2.23. The van der Waals surface area contributed by atoms with Crippen molar-refractivity contribution in [3.05, 3.63) is 87.3 Å². The van der Waals surface area contributed by atoms with Gasteiger partial charge in [0.25, 0.3) is 0 Å². The number of allylic oxidation sites excluding steroid dienone is 8. The van der Waals surface area contributed by atoms with Crippen molar-refractivity contribution in [3.63, 3.8) is 0 Å². The Kier molecular flexibility index (Phi) is 11.1. The predicted octanol–water partition coefficient (Wildman–Crippen LogP) is 8.38. The van der Waals surface area contributed by atoms with Crippen molar-refractivity contribution in [2.45, 2.75) is 53.2 Å². The lowest BCUT2D eigenvalue weighted by Crippen LogP contribution is -2.09. The highest BCUT2D eigenvalue weighted by molar-refractivity contribution is 7.98.